The van der Waals surface area contributed by atoms with Gasteiger partial charge in [0.05, 0.1) is 11.7 Å². The van der Waals surface area contributed by atoms with Crippen LogP contribution >= 0.6 is 11.6 Å². The van der Waals surface area contributed by atoms with Crippen molar-refractivity contribution < 1.29 is 9.18 Å². The van der Waals surface area contributed by atoms with Crippen LogP contribution in [0, 0.1) is 11.2 Å². The van der Waals surface area contributed by atoms with E-state index in [1.165, 1.54) is 6.07 Å². The van der Waals surface area contributed by atoms with Crippen LogP contribution in [0.2, 0.25) is 5.02 Å². The quantitative estimate of drug-likeness (QED) is 0.654. The first-order valence-electron chi connectivity index (χ1n) is 10.6. The lowest BCUT2D eigenvalue weighted by atomic mass is 9.91. The number of carbonyl (C=O) groups is 1. The highest BCUT2D eigenvalue weighted by atomic mass is 35.5. The molecule has 0 unspecified atom stereocenters. The van der Waals surface area contributed by atoms with Gasteiger partial charge in [0, 0.05) is 34.8 Å². The molecule has 2 aromatic rings. The molecule has 1 aromatic heterocycles. The van der Waals surface area contributed by atoms with Gasteiger partial charge in [0.1, 0.15) is 5.82 Å². The lowest BCUT2D eigenvalue weighted by molar-refractivity contribution is -0.129. The Balaban J connectivity index is 1.79. The molecule has 0 radical (unpaired) electrons. The highest BCUT2D eigenvalue weighted by Crippen LogP contribution is 2.29. The van der Waals surface area contributed by atoms with Crippen molar-refractivity contribution in [3.8, 4) is 0 Å². The zero-order valence-electron chi connectivity index (χ0n) is 18.0. The maximum atomic E-state index is 14.4. The molecule has 0 aliphatic carbocycles. The van der Waals surface area contributed by atoms with E-state index in [9.17, 15) is 9.18 Å². The van der Waals surface area contributed by atoms with Gasteiger partial charge in [-0.3, -0.25) is 14.7 Å². The van der Waals surface area contributed by atoms with E-state index in [0.717, 1.165) is 37.9 Å². The molecule has 1 amide bonds. The second kappa shape index (κ2) is 9.88. The van der Waals surface area contributed by atoms with Gasteiger partial charge in [-0.15, -0.1) is 0 Å². The number of rotatable bonds is 6. The van der Waals surface area contributed by atoms with Crippen molar-refractivity contribution in [2.24, 2.45) is 5.41 Å². The van der Waals surface area contributed by atoms with Crippen molar-refractivity contribution in [1.29, 1.82) is 0 Å². The van der Waals surface area contributed by atoms with Gasteiger partial charge in [-0.05, 0) is 50.1 Å². The van der Waals surface area contributed by atoms with Gasteiger partial charge in [-0.25, -0.2) is 4.39 Å². The monoisotopic (exact) mass is 431 g/mol. The van der Waals surface area contributed by atoms with E-state index in [1.54, 1.807) is 18.3 Å². The van der Waals surface area contributed by atoms with Crippen LogP contribution in [-0.4, -0.2) is 28.4 Å². The summed E-state index contributed by atoms with van der Waals surface area (Å²) in [5.41, 5.74) is 1.03. The summed E-state index contributed by atoms with van der Waals surface area (Å²) in [7, 11) is 0. The molecular formula is C24H31ClFN3O. The lowest BCUT2D eigenvalue weighted by Crippen LogP contribution is -2.44. The van der Waals surface area contributed by atoms with Gasteiger partial charge < -0.3 is 5.32 Å². The molecule has 30 heavy (non-hydrogen) atoms. The number of likely N-dealkylation sites (tertiary alicyclic amines) is 1. The second-order valence-electron chi connectivity index (χ2n) is 9.12. The van der Waals surface area contributed by atoms with Crippen molar-refractivity contribution in [2.45, 2.75) is 65.1 Å². The maximum Gasteiger partial charge on any atom is 0.225 e. The molecule has 0 saturated carbocycles. The molecule has 1 N–H and O–H groups in total. The van der Waals surface area contributed by atoms with Gasteiger partial charge >= 0.3 is 0 Å². The standard InChI is InChI=1S/C24H31ClFN3O/c1-24(2,3)23(30)28-22(21-9-4-6-12-27-21)15-19-8-5-7-13-29(19)16-17-10-11-18(25)14-20(17)26/h4,6,9-12,14,19,22H,5,7-8,13,15-16H2,1-3H3,(H,28,30)/t19-,22+/m1/s1. The average Bonchev–Trinajstić information content (AvgIpc) is 2.70. The topological polar surface area (TPSA) is 45.2 Å². The Hall–Kier alpha value is -1.98. The number of carbonyl (C=O) groups excluding carboxylic acids is 1. The largest absolute Gasteiger partial charge is 0.347 e. The van der Waals surface area contributed by atoms with Gasteiger partial charge in [0.2, 0.25) is 5.91 Å². The van der Waals surface area contributed by atoms with Crippen molar-refractivity contribution in [2.75, 3.05) is 6.54 Å². The van der Waals surface area contributed by atoms with E-state index in [4.69, 9.17) is 11.6 Å². The summed E-state index contributed by atoms with van der Waals surface area (Å²) in [6.45, 7) is 7.18. The van der Waals surface area contributed by atoms with Gasteiger partial charge in [0.25, 0.3) is 0 Å². The van der Waals surface area contributed by atoms with Crippen LogP contribution in [0.3, 0.4) is 0 Å². The molecule has 2 atom stereocenters. The number of pyridine rings is 1. The Morgan fingerprint density at radius 1 is 1.30 bits per heavy atom. The van der Waals surface area contributed by atoms with Crippen LogP contribution in [0.4, 0.5) is 4.39 Å². The van der Waals surface area contributed by atoms with Crippen LogP contribution < -0.4 is 5.32 Å². The van der Waals surface area contributed by atoms with Crippen LogP contribution in [0.1, 0.15) is 63.8 Å². The Bertz CT molecular complexity index is 853. The van der Waals surface area contributed by atoms with E-state index in [0.29, 0.717) is 17.1 Å². The van der Waals surface area contributed by atoms with Crippen molar-refractivity contribution in [1.82, 2.24) is 15.2 Å². The van der Waals surface area contributed by atoms with Crippen molar-refractivity contribution >= 4 is 17.5 Å². The fourth-order valence-electron chi connectivity index (χ4n) is 3.89. The van der Waals surface area contributed by atoms with E-state index in [2.05, 4.69) is 15.2 Å². The fraction of sp³-hybridized carbons (Fsp3) is 0.500. The number of hydrogen-bond acceptors (Lipinski definition) is 3. The summed E-state index contributed by atoms with van der Waals surface area (Å²) < 4.78 is 14.4. The number of amides is 1. The van der Waals surface area contributed by atoms with Crippen LogP contribution in [0.15, 0.2) is 42.6 Å². The van der Waals surface area contributed by atoms with E-state index in [1.807, 2.05) is 39.0 Å². The van der Waals surface area contributed by atoms with E-state index >= 15 is 0 Å². The minimum absolute atomic E-state index is 0.00394. The smallest absolute Gasteiger partial charge is 0.225 e. The molecule has 1 aliphatic heterocycles. The Labute approximate surface area is 183 Å². The number of halogens is 2. The van der Waals surface area contributed by atoms with E-state index < -0.39 is 5.41 Å². The summed E-state index contributed by atoms with van der Waals surface area (Å²) in [5.74, 6) is -0.265. The summed E-state index contributed by atoms with van der Waals surface area (Å²) in [4.78, 5) is 19.6. The molecule has 3 rings (SSSR count). The SMILES string of the molecule is CC(C)(C)C(=O)N[C@@H](C[C@H]1CCCCN1Cc1ccc(Cl)cc1F)c1ccccn1. The number of nitrogens with zero attached hydrogens (tertiary/aromatic N) is 2. The first kappa shape index (κ1) is 22.7. The van der Waals surface area contributed by atoms with Gasteiger partial charge in [-0.2, -0.15) is 0 Å². The zero-order chi connectivity index (χ0) is 21.7. The van der Waals surface area contributed by atoms with Crippen LogP contribution in [-0.2, 0) is 11.3 Å². The zero-order valence-corrected chi connectivity index (χ0v) is 18.8. The molecular weight excluding hydrogens is 401 g/mol. The minimum atomic E-state index is -0.480. The number of aromatic nitrogens is 1. The molecule has 1 fully saturated rings. The summed E-state index contributed by atoms with van der Waals surface area (Å²) >= 11 is 5.91. The van der Waals surface area contributed by atoms with Gasteiger partial charge in [-0.1, -0.05) is 50.9 Å². The van der Waals surface area contributed by atoms with E-state index in [-0.39, 0.29) is 23.8 Å². The Morgan fingerprint density at radius 3 is 2.77 bits per heavy atom. The van der Waals surface area contributed by atoms with Gasteiger partial charge in [0.15, 0.2) is 0 Å². The molecule has 0 bridgehead atoms. The third-order valence-corrected chi connectivity index (χ3v) is 5.91. The second-order valence-corrected chi connectivity index (χ2v) is 9.56. The summed E-state index contributed by atoms with van der Waals surface area (Å²) in [6.07, 6.45) is 5.74. The maximum absolute atomic E-state index is 14.4. The first-order chi connectivity index (χ1) is 14.2. The molecule has 0 spiro atoms. The fourth-order valence-corrected chi connectivity index (χ4v) is 4.05. The van der Waals surface area contributed by atoms with Crippen LogP contribution in [0.5, 0.6) is 0 Å². The third kappa shape index (κ3) is 6.02. The highest BCUT2D eigenvalue weighted by molar-refractivity contribution is 6.30. The molecule has 6 heteroatoms. The Kier molecular flexibility index (Phi) is 7.48. The molecule has 4 nitrogen and oxygen atoms in total. The molecule has 1 aliphatic rings. The average molecular weight is 432 g/mol. The third-order valence-electron chi connectivity index (χ3n) is 5.68. The Morgan fingerprint density at radius 2 is 2.10 bits per heavy atom. The summed E-state index contributed by atoms with van der Waals surface area (Å²) in [5, 5.41) is 3.61. The predicted octanol–water partition coefficient (Wildman–Crippen LogP) is 5.52. The van der Waals surface area contributed by atoms with Crippen LogP contribution in [0.25, 0.3) is 0 Å². The number of piperidine rings is 1. The molecule has 162 valence electrons. The normalized spacial score (nSPS) is 18.8. The number of benzene rings is 1. The molecule has 2 heterocycles. The molecule has 1 saturated heterocycles. The lowest BCUT2D eigenvalue weighted by Gasteiger charge is -2.38. The minimum Gasteiger partial charge on any atom is -0.347 e. The number of nitrogens with one attached hydrogen (secondary N) is 1. The van der Waals surface area contributed by atoms with Crippen molar-refractivity contribution in [3.05, 3.63) is 64.7 Å². The van der Waals surface area contributed by atoms with Crippen molar-refractivity contribution in [3.63, 3.8) is 0 Å². The summed E-state index contributed by atoms with van der Waals surface area (Å²) in [6, 6.07) is 10.7. The first-order valence-corrected chi connectivity index (χ1v) is 11.0. The molecule has 1 aromatic carbocycles. The highest BCUT2D eigenvalue weighted by Gasteiger charge is 2.30. The predicted molar refractivity (Wildman–Crippen MR) is 119 cm³/mol. The number of hydrogen-bond donors (Lipinski definition) is 1.